The predicted molar refractivity (Wildman–Crippen MR) is 173 cm³/mol. The molecule has 0 aliphatic carbocycles. The van der Waals surface area contributed by atoms with Crippen LogP contribution in [0.15, 0.2) is 121 Å². The molecule has 4 aromatic rings. The number of likely N-dealkylation sites (tertiary alicyclic amines) is 1. The van der Waals surface area contributed by atoms with Crippen LogP contribution in [0.5, 0.6) is 0 Å². The van der Waals surface area contributed by atoms with Crippen LogP contribution in [-0.2, 0) is 34.0 Å². The quantitative estimate of drug-likeness (QED) is 0.182. The maximum atomic E-state index is 6.69. The second-order valence-electron chi connectivity index (χ2n) is 11.9. The molecule has 0 aromatic heterocycles. The average molecular weight is 577 g/mol. The van der Waals surface area contributed by atoms with Crippen LogP contribution in [0.4, 0.5) is 5.69 Å². The van der Waals surface area contributed by atoms with Crippen LogP contribution in [0.1, 0.15) is 29.5 Å². The van der Waals surface area contributed by atoms with Gasteiger partial charge in [-0.05, 0) is 47.6 Å². The van der Waals surface area contributed by atoms with Crippen molar-refractivity contribution in [1.29, 1.82) is 0 Å². The number of anilines is 1. The van der Waals surface area contributed by atoms with Crippen LogP contribution in [0.3, 0.4) is 0 Å². The average Bonchev–Trinajstić information content (AvgIpc) is 3.08. The lowest BCUT2D eigenvalue weighted by Crippen LogP contribution is -2.59. The van der Waals surface area contributed by atoms with Gasteiger partial charge in [0.2, 0.25) is 0 Å². The first-order valence-corrected chi connectivity index (χ1v) is 15.8. The van der Waals surface area contributed by atoms with Crippen molar-refractivity contribution in [2.75, 3.05) is 37.6 Å². The monoisotopic (exact) mass is 576 g/mol. The minimum atomic E-state index is -0.163. The third kappa shape index (κ3) is 8.55. The Labute approximate surface area is 257 Å². The fourth-order valence-corrected chi connectivity index (χ4v) is 6.39. The minimum absolute atomic E-state index is 0.0946. The van der Waals surface area contributed by atoms with Gasteiger partial charge >= 0.3 is 0 Å². The topological polar surface area (TPSA) is 34.2 Å². The van der Waals surface area contributed by atoms with Crippen molar-refractivity contribution in [2.45, 2.75) is 51.0 Å². The van der Waals surface area contributed by atoms with Gasteiger partial charge in [-0.25, -0.2) is 0 Å². The van der Waals surface area contributed by atoms with E-state index in [2.05, 4.69) is 113 Å². The molecule has 0 amide bonds. The molecule has 2 heterocycles. The van der Waals surface area contributed by atoms with Crippen molar-refractivity contribution in [2.24, 2.45) is 5.92 Å². The number of hydrogen-bond donors (Lipinski definition) is 0. The van der Waals surface area contributed by atoms with Gasteiger partial charge in [0.1, 0.15) is 6.10 Å². The Morgan fingerprint density at radius 3 is 1.40 bits per heavy atom. The highest BCUT2D eigenvalue weighted by molar-refractivity contribution is 5.46. The molecule has 0 saturated carbocycles. The lowest BCUT2D eigenvalue weighted by Gasteiger charge is -2.45. The van der Waals surface area contributed by atoms with Gasteiger partial charge in [0.05, 0.1) is 32.0 Å². The second-order valence-corrected chi connectivity index (χ2v) is 11.9. The predicted octanol–water partition coefficient (Wildman–Crippen LogP) is 6.97. The number of benzene rings is 4. The van der Waals surface area contributed by atoms with Crippen molar-refractivity contribution < 1.29 is 14.2 Å². The molecule has 2 aliphatic rings. The van der Waals surface area contributed by atoms with Crippen LogP contribution < -0.4 is 4.90 Å². The van der Waals surface area contributed by atoms with E-state index in [1.165, 1.54) is 35.2 Å². The first-order chi connectivity index (χ1) is 21.3. The molecule has 0 spiro atoms. The molecule has 3 atom stereocenters. The summed E-state index contributed by atoms with van der Waals surface area (Å²) in [7, 11) is 0. The van der Waals surface area contributed by atoms with E-state index in [-0.39, 0.29) is 18.3 Å². The molecule has 224 valence electrons. The summed E-state index contributed by atoms with van der Waals surface area (Å²) in [6.45, 7) is 6.62. The Balaban J connectivity index is 1.16. The summed E-state index contributed by atoms with van der Waals surface area (Å²) in [5.74, 6) is 0.659. The molecule has 2 aliphatic heterocycles. The molecule has 0 bridgehead atoms. The smallest absolute Gasteiger partial charge is 0.113 e. The van der Waals surface area contributed by atoms with Gasteiger partial charge in [-0.2, -0.15) is 0 Å². The maximum absolute atomic E-state index is 6.69. The molecular weight excluding hydrogens is 532 g/mol. The number of nitrogens with zero attached hydrogens (tertiary/aromatic N) is 2. The fraction of sp³-hybridized carbons (Fsp3) is 0.368. The molecule has 2 saturated heterocycles. The molecular formula is C38H44N2O3. The highest BCUT2D eigenvalue weighted by Crippen LogP contribution is 2.28. The van der Waals surface area contributed by atoms with E-state index in [9.17, 15) is 0 Å². The van der Waals surface area contributed by atoms with Gasteiger partial charge in [0.15, 0.2) is 0 Å². The molecule has 1 unspecified atom stereocenters. The van der Waals surface area contributed by atoms with Gasteiger partial charge in [0.25, 0.3) is 0 Å². The Morgan fingerprint density at radius 1 is 0.512 bits per heavy atom. The Kier molecular flexibility index (Phi) is 10.5. The number of rotatable bonds is 12. The highest BCUT2D eigenvalue weighted by Gasteiger charge is 2.40. The Hall–Kier alpha value is -3.48. The van der Waals surface area contributed by atoms with Crippen LogP contribution in [0, 0.1) is 5.92 Å². The van der Waals surface area contributed by atoms with Crippen molar-refractivity contribution in [3.05, 3.63) is 138 Å². The summed E-state index contributed by atoms with van der Waals surface area (Å²) in [5, 5.41) is 0. The number of ether oxygens (including phenoxy) is 3. The SMILES string of the molecule is c1ccc(COC2[C@@H](OCc3ccccc3)CN(CC3CCN(c4ccccc4)CC3)C[C@H]2OCc2ccccc2)cc1. The zero-order valence-corrected chi connectivity index (χ0v) is 25.0. The van der Waals surface area contributed by atoms with E-state index < -0.39 is 0 Å². The van der Waals surface area contributed by atoms with Gasteiger partial charge < -0.3 is 19.1 Å². The van der Waals surface area contributed by atoms with Gasteiger partial charge in [-0.1, -0.05) is 109 Å². The number of para-hydroxylation sites is 1. The molecule has 43 heavy (non-hydrogen) atoms. The summed E-state index contributed by atoms with van der Waals surface area (Å²) in [5.41, 5.74) is 4.85. The zero-order valence-electron chi connectivity index (χ0n) is 25.0. The Morgan fingerprint density at radius 2 is 0.930 bits per heavy atom. The third-order valence-corrected chi connectivity index (χ3v) is 8.76. The summed E-state index contributed by atoms with van der Waals surface area (Å²) < 4.78 is 20.1. The molecule has 0 N–H and O–H groups in total. The first-order valence-electron chi connectivity index (χ1n) is 15.8. The third-order valence-electron chi connectivity index (χ3n) is 8.76. The van der Waals surface area contributed by atoms with Crippen molar-refractivity contribution in [3.63, 3.8) is 0 Å². The lowest BCUT2D eigenvalue weighted by molar-refractivity contribution is -0.185. The first kappa shape index (κ1) is 29.6. The normalized spacial score (nSPS) is 21.6. The standard InChI is InChI=1S/C38H44N2O3/c1-5-13-32(14-6-1)28-41-36-26-39(25-31-21-23-40(24-22-31)35-19-11-4-12-20-35)27-37(42-29-33-15-7-2-8-16-33)38(36)43-30-34-17-9-3-10-18-34/h1-20,31,36-38H,21-30H2/t36-,37+,38?. The van der Waals surface area contributed by atoms with Crippen LogP contribution >= 0.6 is 0 Å². The second kappa shape index (κ2) is 15.3. The molecule has 4 aromatic carbocycles. The molecule has 2 fully saturated rings. The molecule has 5 heteroatoms. The van der Waals surface area contributed by atoms with E-state index in [0.717, 1.165) is 32.7 Å². The minimum Gasteiger partial charge on any atom is -0.372 e. The van der Waals surface area contributed by atoms with Crippen molar-refractivity contribution >= 4 is 5.69 Å². The van der Waals surface area contributed by atoms with Crippen LogP contribution in [0.2, 0.25) is 0 Å². The van der Waals surface area contributed by atoms with Crippen molar-refractivity contribution in [3.8, 4) is 0 Å². The highest BCUT2D eigenvalue weighted by atomic mass is 16.6. The van der Waals surface area contributed by atoms with E-state index in [1.54, 1.807) is 0 Å². The van der Waals surface area contributed by atoms with E-state index >= 15 is 0 Å². The number of hydrogen-bond acceptors (Lipinski definition) is 5. The summed E-state index contributed by atoms with van der Waals surface area (Å²) in [6, 6.07) is 42.1. The largest absolute Gasteiger partial charge is 0.372 e. The number of piperidine rings is 2. The van der Waals surface area contributed by atoms with E-state index in [1.807, 2.05) is 18.2 Å². The van der Waals surface area contributed by atoms with Gasteiger partial charge in [-0.15, -0.1) is 0 Å². The van der Waals surface area contributed by atoms with Crippen LogP contribution in [0.25, 0.3) is 0 Å². The molecule has 5 nitrogen and oxygen atoms in total. The molecule has 0 radical (unpaired) electrons. The van der Waals surface area contributed by atoms with E-state index in [0.29, 0.717) is 25.7 Å². The summed E-state index contributed by atoms with van der Waals surface area (Å²) >= 11 is 0. The Bertz CT molecular complexity index is 1280. The molecule has 6 rings (SSSR count). The lowest BCUT2D eigenvalue weighted by atomic mass is 9.93. The zero-order chi connectivity index (χ0) is 29.1. The fourth-order valence-electron chi connectivity index (χ4n) is 6.39. The van der Waals surface area contributed by atoms with Crippen molar-refractivity contribution in [1.82, 2.24) is 4.90 Å². The summed E-state index contributed by atoms with van der Waals surface area (Å²) in [6.07, 6.45) is 2.05. The van der Waals surface area contributed by atoms with Gasteiger partial charge in [0, 0.05) is 38.4 Å². The van der Waals surface area contributed by atoms with Gasteiger partial charge in [-0.3, -0.25) is 4.90 Å². The summed E-state index contributed by atoms with van der Waals surface area (Å²) in [4.78, 5) is 5.11. The maximum Gasteiger partial charge on any atom is 0.113 e. The van der Waals surface area contributed by atoms with Crippen LogP contribution in [-0.4, -0.2) is 55.9 Å². The van der Waals surface area contributed by atoms with E-state index in [4.69, 9.17) is 14.2 Å².